The number of rotatable bonds is 9. The van der Waals surface area contributed by atoms with E-state index in [-0.39, 0.29) is 17.1 Å². The summed E-state index contributed by atoms with van der Waals surface area (Å²) in [5.74, 6) is -0.218. The Morgan fingerprint density at radius 2 is 1.89 bits per heavy atom. The van der Waals surface area contributed by atoms with Gasteiger partial charge in [0.25, 0.3) is 0 Å². The van der Waals surface area contributed by atoms with E-state index in [1.807, 2.05) is 0 Å². The maximum Gasteiger partial charge on any atom is 0.240 e. The molecule has 2 atom stereocenters. The highest BCUT2D eigenvalue weighted by Crippen LogP contribution is 2.27. The van der Waals surface area contributed by atoms with Crippen LogP contribution in [-0.2, 0) is 9.59 Å². The molecule has 1 rings (SSSR count). The van der Waals surface area contributed by atoms with Crippen LogP contribution in [0.1, 0.15) is 65.2 Å². The molecule has 3 nitrogen and oxygen atoms in total. The van der Waals surface area contributed by atoms with E-state index in [2.05, 4.69) is 19.2 Å². The highest BCUT2D eigenvalue weighted by atomic mass is 32.2. The highest BCUT2D eigenvalue weighted by Gasteiger charge is 2.31. The van der Waals surface area contributed by atoms with Crippen molar-refractivity contribution in [1.29, 1.82) is 0 Å². The fraction of sp³-hybridized carbons (Fsp3) is 0.857. The number of nitrogens with one attached hydrogen (secondary N) is 1. The predicted octanol–water partition coefficient (Wildman–Crippen LogP) is 3.27. The molecule has 1 saturated heterocycles. The van der Waals surface area contributed by atoms with E-state index in [4.69, 9.17) is 0 Å². The normalized spacial score (nSPS) is 21.1. The van der Waals surface area contributed by atoms with Crippen LogP contribution in [0.3, 0.4) is 0 Å². The Labute approximate surface area is 114 Å². The van der Waals surface area contributed by atoms with Crippen molar-refractivity contribution in [2.24, 2.45) is 0 Å². The molecule has 1 fully saturated rings. The summed E-state index contributed by atoms with van der Waals surface area (Å²) in [5, 5.41) is 2.69. The standard InChI is InChI=1S/C14H25NO2S/c1-3-4-5-6-7-8-9-11(2)18-12-10-13(16)15-14(12)17/h11-12H,3-10H2,1-2H3,(H,15,16,17). The van der Waals surface area contributed by atoms with Gasteiger partial charge in [-0.1, -0.05) is 52.4 Å². The summed E-state index contributed by atoms with van der Waals surface area (Å²) in [6.07, 6.45) is 9.34. The van der Waals surface area contributed by atoms with E-state index < -0.39 is 0 Å². The zero-order chi connectivity index (χ0) is 13.4. The molecule has 18 heavy (non-hydrogen) atoms. The lowest BCUT2D eigenvalue weighted by molar-refractivity contribution is -0.124. The minimum atomic E-state index is -0.146. The molecule has 0 radical (unpaired) electrons. The maximum absolute atomic E-state index is 11.4. The Hall–Kier alpha value is -0.510. The average Bonchev–Trinajstić information content (AvgIpc) is 2.62. The summed E-state index contributed by atoms with van der Waals surface area (Å²) < 4.78 is 0. The SMILES string of the molecule is CCCCCCCCC(C)SC1CC(=O)NC1=O. The van der Waals surface area contributed by atoms with Gasteiger partial charge in [-0.15, -0.1) is 11.8 Å². The fourth-order valence-corrected chi connectivity index (χ4v) is 3.49. The third-order valence-corrected chi connectivity index (χ3v) is 4.70. The predicted molar refractivity (Wildman–Crippen MR) is 76.6 cm³/mol. The number of hydrogen-bond donors (Lipinski definition) is 1. The number of carbonyl (C=O) groups excluding carboxylic acids is 2. The van der Waals surface area contributed by atoms with Crippen molar-refractivity contribution < 1.29 is 9.59 Å². The minimum absolute atomic E-state index is 0.0974. The van der Waals surface area contributed by atoms with Gasteiger partial charge in [-0.3, -0.25) is 14.9 Å². The van der Waals surface area contributed by atoms with Gasteiger partial charge in [-0.25, -0.2) is 0 Å². The molecule has 1 heterocycles. The first-order chi connectivity index (χ1) is 8.63. The Balaban J connectivity index is 2.05. The smallest absolute Gasteiger partial charge is 0.240 e. The summed E-state index contributed by atoms with van der Waals surface area (Å²) in [6.45, 7) is 4.39. The molecule has 104 valence electrons. The number of thioether (sulfide) groups is 1. The first-order valence-electron chi connectivity index (χ1n) is 7.12. The molecule has 0 aromatic heterocycles. The lowest BCUT2D eigenvalue weighted by Gasteiger charge is -2.13. The molecule has 2 unspecified atom stereocenters. The van der Waals surface area contributed by atoms with Crippen LogP contribution >= 0.6 is 11.8 Å². The highest BCUT2D eigenvalue weighted by molar-refractivity contribution is 8.01. The third-order valence-electron chi connectivity index (χ3n) is 3.29. The van der Waals surface area contributed by atoms with E-state index in [1.165, 1.54) is 38.5 Å². The van der Waals surface area contributed by atoms with Gasteiger partial charge in [-0.05, 0) is 6.42 Å². The average molecular weight is 271 g/mol. The quantitative estimate of drug-likeness (QED) is 0.517. The van der Waals surface area contributed by atoms with Crippen molar-refractivity contribution in [3.63, 3.8) is 0 Å². The van der Waals surface area contributed by atoms with Crippen LogP contribution in [0.5, 0.6) is 0 Å². The molecule has 2 amide bonds. The van der Waals surface area contributed by atoms with Gasteiger partial charge in [-0.2, -0.15) is 0 Å². The second-order valence-electron chi connectivity index (χ2n) is 5.11. The number of hydrogen-bond acceptors (Lipinski definition) is 3. The van der Waals surface area contributed by atoms with Crippen LogP contribution in [0.2, 0.25) is 0 Å². The molecule has 0 aromatic carbocycles. The zero-order valence-electron chi connectivity index (χ0n) is 11.5. The van der Waals surface area contributed by atoms with Crippen LogP contribution in [-0.4, -0.2) is 22.3 Å². The third kappa shape index (κ3) is 5.89. The topological polar surface area (TPSA) is 46.2 Å². The number of unbranched alkanes of at least 4 members (excludes halogenated alkanes) is 5. The summed E-state index contributed by atoms with van der Waals surface area (Å²) in [5.41, 5.74) is 0. The van der Waals surface area contributed by atoms with Gasteiger partial charge in [0.15, 0.2) is 0 Å². The number of imide groups is 1. The number of carbonyl (C=O) groups is 2. The molecule has 0 spiro atoms. The monoisotopic (exact) mass is 271 g/mol. The van der Waals surface area contributed by atoms with E-state index in [1.54, 1.807) is 11.8 Å². The van der Waals surface area contributed by atoms with Crippen LogP contribution in [0.4, 0.5) is 0 Å². The first-order valence-corrected chi connectivity index (χ1v) is 8.07. The Morgan fingerprint density at radius 3 is 2.50 bits per heavy atom. The largest absolute Gasteiger partial charge is 0.295 e. The summed E-state index contributed by atoms with van der Waals surface area (Å²) >= 11 is 1.65. The van der Waals surface area contributed by atoms with Gasteiger partial charge in [0.1, 0.15) is 0 Å². The molecule has 4 heteroatoms. The molecule has 0 aliphatic carbocycles. The fourth-order valence-electron chi connectivity index (χ4n) is 2.20. The maximum atomic E-state index is 11.4. The van der Waals surface area contributed by atoms with Crippen LogP contribution in [0.15, 0.2) is 0 Å². The lowest BCUT2D eigenvalue weighted by Crippen LogP contribution is -2.24. The summed E-state index contributed by atoms with van der Waals surface area (Å²) in [7, 11) is 0. The second kappa shape index (κ2) is 8.57. The number of amides is 2. The van der Waals surface area contributed by atoms with E-state index >= 15 is 0 Å². The van der Waals surface area contributed by atoms with Gasteiger partial charge in [0, 0.05) is 11.7 Å². The van der Waals surface area contributed by atoms with Crippen molar-refractivity contribution in [1.82, 2.24) is 5.32 Å². The van der Waals surface area contributed by atoms with E-state index in [0.717, 1.165) is 6.42 Å². The van der Waals surface area contributed by atoms with Crippen molar-refractivity contribution in [3.05, 3.63) is 0 Å². The molecular weight excluding hydrogens is 246 g/mol. The van der Waals surface area contributed by atoms with E-state index in [0.29, 0.717) is 11.7 Å². The van der Waals surface area contributed by atoms with Gasteiger partial charge in [0.2, 0.25) is 11.8 Å². The molecule has 1 N–H and O–H groups in total. The summed E-state index contributed by atoms with van der Waals surface area (Å²) in [4.78, 5) is 22.5. The molecule has 1 aliphatic rings. The second-order valence-corrected chi connectivity index (χ2v) is 6.75. The van der Waals surface area contributed by atoms with Crippen molar-refractivity contribution in [2.75, 3.05) is 0 Å². The van der Waals surface area contributed by atoms with Gasteiger partial charge < -0.3 is 0 Å². The van der Waals surface area contributed by atoms with E-state index in [9.17, 15) is 9.59 Å². The van der Waals surface area contributed by atoms with Crippen LogP contribution in [0, 0.1) is 0 Å². The first kappa shape index (κ1) is 15.5. The Morgan fingerprint density at radius 1 is 1.22 bits per heavy atom. The summed E-state index contributed by atoms with van der Waals surface area (Å²) in [6, 6.07) is 0. The molecule has 1 aliphatic heterocycles. The van der Waals surface area contributed by atoms with Crippen molar-refractivity contribution in [3.8, 4) is 0 Å². The minimum Gasteiger partial charge on any atom is -0.295 e. The van der Waals surface area contributed by atoms with Gasteiger partial charge in [0.05, 0.1) is 5.25 Å². The van der Waals surface area contributed by atoms with Crippen LogP contribution in [0.25, 0.3) is 0 Å². The lowest BCUT2D eigenvalue weighted by atomic mass is 10.1. The van der Waals surface area contributed by atoms with Crippen LogP contribution < -0.4 is 5.32 Å². The molecule has 0 saturated carbocycles. The molecular formula is C14H25NO2S. The zero-order valence-corrected chi connectivity index (χ0v) is 12.4. The van der Waals surface area contributed by atoms with Crippen molar-refractivity contribution in [2.45, 2.75) is 75.7 Å². The molecule has 0 bridgehead atoms. The van der Waals surface area contributed by atoms with Crippen molar-refractivity contribution >= 4 is 23.6 Å². The molecule has 0 aromatic rings. The Bertz CT molecular complexity index is 281. The van der Waals surface area contributed by atoms with Gasteiger partial charge >= 0.3 is 0 Å². The Kier molecular flexibility index (Phi) is 7.40.